The predicted molar refractivity (Wildman–Crippen MR) is 78.2 cm³/mol. The van der Waals surface area contributed by atoms with Crippen LogP contribution in [0.5, 0.6) is 0 Å². The third-order valence-electron chi connectivity index (χ3n) is 4.78. The number of amides is 1. The van der Waals surface area contributed by atoms with Crippen LogP contribution < -0.4 is 5.73 Å². The minimum Gasteiger partial charge on any atom is -0.479 e. The SMILES string of the molecule is CC[C@H](C)[C@H](N)C(=O)N1CCC[C@@]1(C(=O)O)C(C)(C)C. The first kappa shape index (κ1) is 17.0. The Morgan fingerprint density at radius 2 is 1.95 bits per heavy atom. The fourth-order valence-electron chi connectivity index (χ4n) is 3.12. The first-order chi connectivity index (χ1) is 9.09. The fraction of sp³-hybridized carbons (Fsp3) is 0.867. The summed E-state index contributed by atoms with van der Waals surface area (Å²) in [5.41, 5.74) is 4.36. The summed E-state index contributed by atoms with van der Waals surface area (Å²) in [4.78, 5) is 26.1. The number of likely N-dealkylation sites (tertiary alicyclic amines) is 1. The zero-order valence-corrected chi connectivity index (χ0v) is 13.3. The Bertz CT molecular complexity index is 389. The third-order valence-corrected chi connectivity index (χ3v) is 4.78. The maximum atomic E-state index is 12.6. The van der Waals surface area contributed by atoms with Crippen molar-refractivity contribution >= 4 is 11.9 Å². The van der Waals surface area contributed by atoms with Gasteiger partial charge in [-0.25, -0.2) is 4.79 Å². The van der Waals surface area contributed by atoms with Gasteiger partial charge in [0.1, 0.15) is 5.54 Å². The van der Waals surface area contributed by atoms with Crippen molar-refractivity contribution in [2.45, 2.75) is 65.5 Å². The van der Waals surface area contributed by atoms with Crippen molar-refractivity contribution in [3.8, 4) is 0 Å². The highest BCUT2D eigenvalue weighted by Gasteiger charge is 2.57. The molecule has 1 fully saturated rings. The molecule has 3 N–H and O–H groups in total. The van der Waals surface area contributed by atoms with Gasteiger partial charge in [-0.15, -0.1) is 0 Å². The summed E-state index contributed by atoms with van der Waals surface area (Å²) in [6.45, 7) is 10.0. The summed E-state index contributed by atoms with van der Waals surface area (Å²) in [6, 6.07) is -0.626. The fourth-order valence-corrected chi connectivity index (χ4v) is 3.12. The molecule has 5 heteroatoms. The zero-order chi connectivity index (χ0) is 15.7. The van der Waals surface area contributed by atoms with E-state index in [9.17, 15) is 14.7 Å². The Morgan fingerprint density at radius 1 is 1.40 bits per heavy atom. The van der Waals surface area contributed by atoms with Gasteiger partial charge in [-0.3, -0.25) is 4.79 Å². The first-order valence-electron chi connectivity index (χ1n) is 7.40. The van der Waals surface area contributed by atoms with Crippen LogP contribution in [-0.2, 0) is 9.59 Å². The van der Waals surface area contributed by atoms with E-state index in [0.29, 0.717) is 19.4 Å². The topological polar surface area (TPSA) is 83.6 Å². The van der Waals surface area contributed by atoms with E-state index in [2.05, 4.69) is 0 Å². The third kappa shape index (κ3) is 2.55. The zero-order valence-electron chi connectivity index (χ0n) is 13.3. The second-order valence-electron chi connectivity index (χ2n) is 6.92. The maximum absolute atomic E-state index is 12.6. The number of carbonyl (C=O) groups is 2. The molecular weight excluding hydrogens is 256 g/mol. The molecule has 1 saturated heterocycles. The number of nitrogens with two attached hydrogens (primary N) is 1. The largest absolute Gasteiger partial charge is 0.479 e. The molecule has 5 nitrogen and oxygen atoms in total. The lowest BCUT2D eigenvalue weighted by Gasteiger charge is -2.45. The van der Waals surface area contributed by atoms with Crippen LogP contribution in [0.1, 0.15) is 53.9 Å². The Morgan fingerprint density at radius 3 is 2.35 bits per heavy atom. The molecule has 1 aliphatic heterocycles. The van der Waals surface area contributed by atoms with Gasteiger partial charge in [0.25, 0.3) is 0 Å². The van der Waals surface area contributed by atoms with Crippen molar-refractivity contribution in [3.05, 3.63) is 0 Å². The molecule has 1 aliphatic rings. The smallest absolute Gasteiger partial charge is 0.330 e. The average molecular weight is 284 g/mol. The minimum atomic E-state index is -1.14. The van der Waals surface area contributed by atoms with Gasteiger partial charge in [0, 0.05) is 6.54 Å². The predicted octanol–water partition coefficient (Wildman–Crippen LogP) is 1.85. The Kier molecular flexibility index (Phi) is 4.85. The average Bonchev–Trinajstić information content (AvgIpc) is 2.81. The van der Waals surface area contributed by atoms with Crippen molar-refractivity contribution in [1.82, 2.24) is 4.90 Å². The lowest BCUT2D eigenvalue weighted by atomic mass is 9.71. The Labute approximate surface area is 121 Å². The van der Waals surface area contributed by atoms with Crippen molar-refractivity contribution in [1.29, 1.82) is 0 Å². The highest BCUT2D eigenvalue weighted by molar-refractivity contribution is 5.91. The molecule has 0 spiro atoms. The summed E-state index contributed by atoms with van der Waals surface area (Å²) in [5.74, 6) is -1.10. The van der Waals surface area contributed by atoms with E-state index < -0.39 is 23.0 Å². The van der Waals surface area contributed by atoms with Crippen LogP contribution >= 0.6 is 0 Å². The molecular formula is C15H28N2O3. The highest BCUT2D eigenvalue weighted by Crippen LogP contribution is 2.44. The molecule has 0 aromatic rings. The van der Waals surface area contributed by atoms with Crippen LogP contribution in [0.25, 0.3) is 0 Å². The van der Waals surface area contributed by atoms with Gasteiger partial charge in [0.05, 0.1) is 6.04 Å². The van der Waals surface area contributed by atoms with E-state index in [1.165, 1.54) is 4.90 Å². The summed E-state index contributed by atoms with van der Waals surface area (Å²) in [6.07, 6.45) is 2.00. The quantitative estimate of drug-likeness (QED) is 0.825. The van der Waals surface area contributed by atoms with E-state index in [-0.39, 0.29) is 11.8 Å². The van der Waals surface area contributed by atoms with E-state index in [4.69, 9.17) is 5.73 Å². The molecule has 20 heavy (non-hydrogen) atoms. The van der Waals surface area contributed by atoms with Gasteiger partial charge < -0.3 is 15.7 Å². The molecule has 1 heterocycles. The van der Waals surface area contributed by atoms with Crippen molar-refractivity contribution < 1.29 is 14.7 Å². The van der Waals surface area contributed by atoms with Crippen molar-refractivity contribution in [2.75, 3.05) is 6.54 Å². The van der Waals surface area contributed by atoms with Gasteiger partial charge in [-0.2, -0.15) is 0 Å². The summed E-state index contributed by atoms with van der Waals surface area (Å²) in [5, 5.41) is 9.76. The summed E-state index contributed by atoms with van der Waals surface area (Å²) in [7, 11) is 0. The molecule has 116 valence electrons. The molecule has 0 radical (unpaired) electrons. The molecule has 0 saturated carbocycles. The Balaban J connectivity index is 3.16. The number of carbonyl (C=O) groups excluding carboxylic acids is 1. The van der Waals surface area contributed by atoms with Crippen LogP contribution in [0.3, 0.4) is 0 Å². The number of hydrogen-bond donors (Lipinski definition) is 2. The van der Waals surface area contributed by atoms with Crippen molar-refractivity contribution in [3.63, 3.8) is 0 Å². The molecule has 0 unspecified atom stereocenters. The number of rotatable bonds is 4. The van der Waals surface area contributed by atoms with E-state index in [1.54, 1.807) is 0 Å². The molecule has 0 bridgehead atoms. The lowest BCUT2D eigenvalue weighted by Crippen LogP contribution is -2.63. The maximum Gasteiger partial charge on any atom is 0.330 e. The number of carboxylic acid groups (broad SMARTS) is 1. The Hall–Kier alpha value is -1.10. The van der Waals surface area contributed by atoms with Gasteiger partial charge in [0.2, 0.25) is 5.91 Å². The number of carboxylic acids is 1. The summed E-state index contributed by atoms with van der Waals surface area (Å²) < 4.78 is 0. The molecule has 3 atom stereocenters. The van der Waals surface area contributed by atoms with E-state index in [0.717, 1.165) is 6.42 Å². The van der Waals surface area contributed by atoms with Gasteiger partial charge >= 0.3 is 5.97 Å². The molecule has 0 aromatic heterocycles. The van der Waals surface area contributed by atoms with Crippen LogP contribution in [0.2, 0.25) is 0 Å². The van der Waals surface area contributed by atoms with Crippen molar-refractivity contribution in [2.24, 2.45) is 17.1 Å². The van der Waals surface area contributed by atoms with E-state index >= 15 is 0 Å². The molecule has 1 amide bonds. The molecule has 0 aliphatic carbocycles. The number of aliphatic carboxylic acids is 1. The summed E-state index contributed by atoms with van der Waals surface area (Å²) >= 11 is 0. The minimum absolute atomic E-state index is 0.0505. The first-order valence-corrected chi connectivity index (χ1v) is 7.40. The lowest BCUT2D eigenvalue weighted by molar-refractivity contribution is -0.165. The van der Waals surface area contributed by atoms with Gasteiger partial charge in [-0.05, 0) is 24.2 Å². The van der Waals surface area contributed by atoms with Crippen LogP contribution in [0.15, 0.2) is 0 Å². The van der Waals surface area contributed by atoms with Crippen LogP contribution in [-0.4, -0.2) is 40.0 Å². The molecule has 0 aromatic carbocycles. The number of nitrogens with zero attached hydrogens (tertiary/aromatic N) is 1. The monoisotopic (exact) mass is 284 g/mol. The van der Waals surface area contributed by atoms with Crippen LogP contribution in [0.4, 0.5) is 0 Å². The normalized spacial score (nSPS) is 26.4. The highest BCUT2D eigenvalue weighted by atomic mass is 16.4. The van der Waals surface area contributed by atoms with Crippen LogP contribution in [0, 0.1) is 11.3 Å². The number of hydrogen-bond acceptors (Lipinski definition) is 3. The van der Waals surface area contributed by atoms with Gasteiger partial charge in [0.15, 0.2) is 0 Å². The second kappa shape index (κ2) is 5.72. The standard InChI is InChI=1S/C15H28N2O3/c1-6-10(2)11(16)12(18)17-9-7-8-15(17,13(19)20)14(3,4)5/h10-11H,6-9,16H2,1-5H3,(H,19,20)/t10-,11-,15+/m0/s1. The molecule has 1 rings (SSSR count). The second-order valence-corrected chi connectivity index (χ2v) is 6.92. The van der Waals surface area contributed by atoms with Gasteiger partial charge in [-0.1, -0.05) is 41.0 Å². The van der Waals surface area contributed by atoms with E-state index in [1.807, 2.05) is 34.6 Å².